The molecule has 0 aromatic heterocycles. The van der Waals surface area contributed by atoms with E-state index in [-0.39, 0.29) is 0 Å². The number of hydrogen-bond acceptors (Lipinski definition) is 3. The van der Waals surface area contributed by atoms with E-state index < -0.39 is 12.4 Å². The summed E-state index contributed by atoms with van der Waals surface area (Å²) in [7, 11) is -1.35. The van der Waals surface area contributed by atoms with Gasteiger partial charge in [0, 0.05) is 22.2 Å². The van der Waals surface area contributed by atoms with E-state index in [1.165, 1.54) is 0 Å². The number of hydrogen-bond donors (Lipinski definition) is 2. The van der Waals surface area contributed by atoms with E-state index >= 15 is 0 Å². The zero-order chi connectivity index (χ0) is 8.48. The number of aliphatic imine (C=N–C) groups is 1. The van der Waals surface area contributed by atoms with Crippen LogP contribution >= 0.6 is 15.9 Å². The fourth-order valence-corrected chi connectivity index (χ4v) is 1.32. The van der Waals surface area contributed by atoms with Crippen LogP contribution in [0.15, 0.2) is 15.7 Å². The molecule has 1 heterocycles. The second-order valence-corrected chi connectivity index (χ2v) is 3.66. The lowest BCUT2D eigenvalue weighted by atomic mass is 9.57. The van der Waals surface area contributed by atoms with Crippen LogP contribution in [0, 0.1) is 0 Å². The van der Waals surface area contributed by atoms with Gasteiger partial charge in [-0.05, 0) is 6.42 Å². The zero-order valence-electron chi connectivity index (χ0n) is 6.16. The van der Waals surface area contributed by atoms with Gasteiger partial charge in [0.25, 0.3) is 0 Å². The molecule has 11 heavy (non-hydrogen) atoms. The summed E-state index contributed by atoms with van der Waals surface area (Å²) in [5, 5.41) is 17.4. The Hall–Kier alpha value is -0.125. The molecule has 0 saturated heterocycles. The van der Waals surface area contributed by atoms with E-state index in [1.807, 2.05) is 0 Å². The topological polar surface area (TPSA) is 52.8 Å². The largest absolute Gasteiger partial charge is 0.463 e. The average Bonchev–Trinajstić information content (AvgIpc) is 1.95. The highest BCUT2D eigenvalue weighted by atomic mass is 79.9. The molecule has 0 bridgehead atoms. The lowest BCUT2D eigenvalue weighted by Crippen LogP contribution is -2.32. The van der Waals surface area contributed by atoms with E-state index in [4.69, 9.17) is 10.0 Å². The molecule has 2 N–H and O–H groups in total. The first kappa shape index (κ1) is 8.97. The van der Waals surface area contributed by atoms with Gasteiger partial charge in [-0.25, -0.2) is 0 Å². The quantitative estimate of drug-likeness (QED) is 0.643. The molecule has 0 fully saturated rings. The van der Waals surface area contributed by atoms with Crippen LogP contribution in [-0.4, -0.2) is 23.4 Å². The molecule has 1 atom stereocenters. The van der Waals surface area contributed by atoms with E-state index in [9.17, 15) is 0 Å². The van der Waals surface area contributed by atoms with Crippen LogP contribution in [-0.2, 0) is 0 Å². The predicted octanol–water partition coefficient (Wildman–Crippen LogP) is 0.930. The predicted molar refractivity (Wildman–Crippen MR) is 48.7 cm³/mol. The Kier molecular flexibility index (Phi) is 2.52. The summed E-state index contributed by atoms with van der Waals surface area (Å²) in [4.78, 5) is 3.88. The minimum atomic E-state index is -1.35. The summed E-state index contributed by atoms with van der Waals surface area (Å²) < 4.78 is 0.725. The van der Waals surface area contributed by atoms with E-state index in [0.29, 0.717) is 6.42 Å². The van der Waals surface area contributed by atoms with Gasteiger partial charge in [-0.15, -0.1) is 0 Å². The van der Waals surface area contributed by atoms with Crippen LogP contribution in [0.2, 0.25) is 5.31 Å². The highest BCUT2D eigenvalue weighted by Gasteiger charge is 2.40. The van der Waals surface area contributed by atoms with Crippen LogP contribution in [0.1, 0.15) is 13.3 Å². The third-order valence-corrected chi connectivity index (χ3v) is 3.03. The Labute approximate surface area is 74.1 Å². The monoisotopic (exact) mass is 217 g/mol. The standard InChI is InChI=1S/C6H9BBrNO2/c1-6(7(10)11)2-3-9-4-5(6)8/h3-4,10-11H,2H2,1H3. The van der Waals surface area contributed by atoms with Gasteiger partial charge in [0.1, 0.15) is 0 Å². The fourth-order valence-electron chi connectivity index (χ4n) is 0.834. The number of nitrogens with zero attached hydrogens (tertiary/aromatic N) is 1. The van der Waals surface area contributed by atoms with Crippen LogP contribution in [0.4, 0.5) is 0 Å². The summed E-state index contributed by atoms with van der Waals surface area (Å²) in [5.74, 6) is 0. The van der Waals surface area contributed by atoms with Crippen molar-refractivity contribution in [2.45, 2.75) is 18.7 Å². The third kappa shape index (κ3) is 1.55. The van der Waals surface area contributed by atoms with Gasteiger partial charge in [0.2, 0.25) is 0 Å². The van der Waals surface area contributed by atoms with Gasteiger partial charge >= 0.3 is 7.12 Å². The van der Waals surface area contributed by atoms with Crippen LogP contribution in [0.3, 0.4) is 0 Å². The van der Waals surface area contributed by atoms with Crippen molar-refractivity contribution in [3.05, 3.63) is 10.7 Å². The molecule has 0 radical (unpaired) electrons. The third-order valence-electron chi connectivity index (χ3n) is 1.92. The minimum absolute atomic E-state index is 0.543. The molecule has 1 aliphatic heterocycles. The van der Waals surface area contributed by atoms with Crippen LogP contribution in [0.5, 0.6) is 0 Å². The first-order valence-electron chi connectivity index (χ1n) is 3.31. The van der Waals surface area contributed by atoms with Gasteiger partial charge in [-0.3, -0.25) is 4.99 Å². The molecule has 0 aliphatic carbocycles. The molecule has 0 aromatic rings. The summed E-state index contributed by atoms with van der Waals surface area (Å²) in [6.45, 7) is 1.77. The molecular formula is C6H9BBrNO2. The van der Waals surface area contributed by atoms with Gasteiger partial charge < -0.3 is 10.0 Å². The second kappa shape index (κ2) is 3.09. The smallest absolute Gasteiger partial charge is 0.426 e. The second-order valence-electron chi connectivity index (χ2n) is 2.80. The number of rotatable bonds is 1. The SMILES string of the molecule is CC1(B(O)O)CC=NC=C1Br. The van der Waals surface area contributed by atoms with Crippen LogP contribution < -0.4 is 0 Å². The van der Waals surface area contributed by atoms with Crippen molar-refractivity contribution >= 4 is 29.3 Å². The molecule has 0 aromatic carbocycles. The Balaban J connectivity index is 2.88. The Bertz CT molecular complexity index is 217. The summed E-state index contributed by atoms with van der Waals surface area (Å²) in [6.07, 6.45) is 3.80. The van der Waals surface area contributed by atoms with Gasteiger partial charge in [0.05, 0.1) is 0 Å². The molecule has 3 nitrogen and oxygen atoms in total. The maximum Gasteiger partial charge on any atom is 0.463 e. The molecule has 0 spiro atoms. The summed E-state index contributed by atoms with van der Waals surface area (Å²) >= 11 is 3.24. The number of allylic oxidation sites excluding steroid dienone is 1. The molecule has 60 valence electrons. The number of halogens is 1. The fraction of sp³-hybridized carbons (Fsp3) is 0.500. The van der Waals surface area contributed by atoms with E-state index in [1.54, 1.807) is 19.3 Å². The Morgan fingerprint density at radius 2 is 2.36 bits per heavy atom. The van der Waals surface area contributed by atoms with Crippen molar-refractivity contribution in [2.75, 3.05) is 0 Å². The minimum Gasteiger partial charge on any atom is -0.426 e. The van der Waals surface area contributed by atoms with Gasteiger partial charge in [-0.1, -0.05) is 22.9 Å². The lowest BCUT2D eigenvalue weighted by Gasteiger charge is -2.28. The van der Waals surface area contributed by atoms with Crippen molar-refractivity contribution in [1.29, 1.82) is 0 Å². The highest BCUT2D eigenvalue weighted by molar-refractivity contribution is 9.11. The molecule has 1 aliphatic rings. The summed E-state index contributed by atoms with van der Waals surface area (Å²) in [5.41, 5.74) is 0. The van der Waals surface area contributed by atoms with Crippen molar-refractivity contribution < 1.29 is 10.0 Å². The normalized spacial score (nSPS) is 30.0. The van der Waals surface area contributed by atoms with E-state index in [0.717, 1.165) is 4.48 Å². The first-order chi connectivity index (χ1) is 5.07. The summed E-state index contributed by atoms with van der Waals surface area (Å²) in [6, 6.07) is 0. The maximum atomic E-state index is 9.03. The Morgan fingerprint density at radius 3 is 2.73 bits per heavy atom. The average molecular weight is 218 g/mol. The molecule has 0 saturated carbocycles. The maximum absolute atomic E-state index is 9.03. The van der Waals surface area contributed by atoms with E-state index in [2.05, 4.69) is 20.9 Å². The first-order valence-corrected chi connectivity index (χ1v) is 4.10. The lowest BCUT2D eigenvalue weighted by molar-refractivity contribution is 0.366. The highest BCUT2D eigenvalue weighted by Crippen LogP contribution is 2.44. The molecule has 0 amide bonds. The van der Waals surface area contributed by atoms with Crippen LogP contribution in [0.25, 0.3) is 0 Å². The van der Waals surface area contributed by atoms with Gasteiger partial charge in [0.15, 0.2) is 0 Å². The van der Waals surface area contributed by atoms with Crippen molar-refractivity contribution in [3.63, 3.8) is 0 Å². The molecule has 5 heteroatoms. The molecule has 1 rings (SSSR count). The van der Waals surface area contributed by atoms with Gasteiger partial charge in [-0.2, -0.15) is 0 Å². The molecule has 1 unspecified atom stereocenters. The Morgan fingerprint density at radius 1 is 1.73 bits per heavy atom. The van der Waals surface area contributed by atoms with Crippen molar-refractivity contribution in [2.24, 2.45) is 4.99 Å². The zero-order valence-corrected chi connectivity index (χ0v) is 7.74. The molecular weight excluding hydrogens is 209 g/mol. The van der Waals surface area contributed by atoms with Crippen molar-refractivity contribution in [3.8, 4) is 0 Å². The van der Waals surface area contributed by atoms with Crippen molar-refractivity contribution in [1.82, 2.24) is 0 Å².